The fraction of sp³-hybridized carbons (Fsp3) is 0.143. The number of rotatable bonds is 2. The number of benzene rings is 2. The molecule has 0 fully saturated rings. The van der Waals surface area contributed by atoms with E-state index in [0.29, 0.717) is 17.7 Å². The predicted octanol–water partition coefficient (Wildman–Crippen LogP) is 3.40. The molecule has 0 aromatic heterocycles. The molecule has 0 aliphatic rings. The average molecular weight is 233 g/mol. The zero-order valence-electron chi connectivity index (χ0n) is 9.50. The SMILES string of the molecule is Cc1cc(F)cc(-c2cc(CN)ccc2F)c1. The zero-order chi connectivity index (χ0) is 12.4. The number of hydrogen-bond acceptors (Lipinski definition) is 1. The highest BCUT2D eigenvalue weighted by atomic mass is 19.1. The third-order valence-corrected chi connectivity index (χ3v) is 2.62. The maximum atomic E-state index is 13.7. The summed E-state index contributed by atoms with van der Waals surface area (Å²) in [6.07, 6.45) is 0. The summed E-state index contributed by atoms with van der Waals surface area (Å²) in [5, 5.41) is 0. The molecular weight excluding hydrogens is 220 g/mol. The van der Waals surface area contributed by atoms with E-state index in [1.165, 1.54) is 18.2 Å². The van der Waals surface area contributed by atoms with E-state index in [2.05, 4.69) is 0 Å². The normalized spacial score (nSPS) is 10.6. The van der Waals surface area contributed by atoms with Crippen molar-refractivity contribution in [1.82, 2.24) is 0 Å². The minimum atomic E-state index is -0.368. The van der Waals surface area contributed by atoms with Crippen molar-refractivity contribution in [3.63, 3.8) is 0 Å². The van der Waals surface area contributed by atoms with Crippen LogP contribution in [0.25, 0.3) is 11.1 Å². The van der Waals surface area contributed by atoms with Crippen molar-refractivity contribution >= 4 is 0 Å². The maximum absolute atomic E-state index is 13.7. The van der Waals surface area contributed by atoms with E-state index in [4.69, 9.17) is 5.73 Å². The Hall–Kier alpha value is -1.74. The highest BCUT2D eigenvalue weighted by Crippen LogP contribution is 2.25. The van der Waals surface area contributed by atoms with Gasteiger partial charge in [0.15, 0.2) is 0 Å². The van der Waals surface area contributed by atoms with E-state index in [0.717, 1.165) is 11.1 Å². The smallest absolute Gasteiger partial charge is 0.131 e. The lowest BCUT2D eigenvalue weighted by Gasteiger charge is -2.07. The number of nitrogens with two attached hydrogens (primary N) is 1. The highest BCUT2D eigenvalue weighted by Gasteiger charge is 2.07. The first-order valence-electron chi connectivity index (χ1n) is 5.36. The quantitative estimate of drug-likeness (QED) is 0.845. The molecule has 2 rings (SSSR count). The molecule has 88 valence electrons. The maximum Gasteiger partial charge on any atom is 0.131 e. The number of aryl methyl sites for hydroxylation is 1. The summed E-state index contributed by atoms with van der Waals surface area (Å²) >= 11 is 0. The lowest BCUT2D eigenvalue weighted by molar-refractivity contribution is 0.623. The van der Waals surface area contributed by atoms with E-state index in [-0.39, 0.29) is 11.6 Å². The van der Waals surface area contributed by atoms with Crippen LogP contribution in [-0.2, 0) is 6.54 Å². The second-order valence-corrected chi connectivity index (χ2v) is 4.04. The van der Waals surface area contributed by atoms with Gasteiger partial charge in [0.1, 0.15) is 11.6 Å². The molecule has 0 unspecified atom stereocenters. The molecule has 0 aliphatic heterocycles. The van der Waals surface area contributed by atoms with Crippen LogP contribution in [0.15, 0.2) is 36.4 Å². The van der Waals surface area contributed by atoms with Crippen molar-refractivity contribution in [3.8, 4) is 11.1 Å². The Morgan fingerprint density at radius 3 is 2.47 bits per heavy atom. The topological polar surface area (TPSA) is 26.0 Å². The van der Waals surface area contributed by atoms with Crippen molar-refractivity contribution in [2.45, 2.75) is 13.5 Å². The van der Waals surface area contributed by atoms with Crippen LogP contribution < -0.4 is 5.73 Å². The molecule has 17 heavy (non-hydrogen) atoms. The Bertz CT molecular complexity index is 530. The Labute approximate surface area is 98.9 Å². The van der Waals surface area contributed by atoms with Crippen LogP contribution in [-0.4, -0.2) is 0 Å². The average Bonchev–Trinajstić information content (AvgIpc) is 2.28. The summed E-state index contributed by atoms with van der Waals surface area (Å²) in [6.45, 7) is 2.11. The monoisotopic (exact) mass is 233 g/mol. The molecule has 3 heteroatoms. The summed E-state index contributed by atoms with van der Waals surface area (Å²) in [4.78, 5) is 0. The summed E-state index contributed by atoms with van der Waals surface area (Å²) in [5.41, 5.74) is 8.02. The van der Waals surface area contributed by atoms with Gasteiger partial charge in [-0.25, -0.2) is 8.78 Å². The van der Waals surface area contributed by atoms with E-state index in [9.17, 15) is 8.78 Å². The fourth-order valence-corrected chi connectivity index (χ4v) is 1.81. The van der Waals surface area contributed by atoms with Crippen LogP contribution in [0.2, 0.25) is 0 Å². The van der Waals surface area contributed by atoms with Crippen molar-refractivity contribution in [1.29, 1.82) is 0 Å². The van der Waals surface area contributed by atoms with Gasteiger partial charge in [0, 0.05) is 12.1 Å². The van der Waals surface area contributed by atoms with Crippen molar-refractivity contribution in [2.24, 2.45) is 5.73 Å². The molecule has 0 atom stereocenters. The van der Waals surface area contributed by atoms with E-state index in [1.807, 2.05) is 0 Å². The molecule has 0 saturated carbocycles. The van der Waals surface area contributed by atoms with Crippen LogP contribution >= 0.6 is 0 Å². The second-order valence-electron chi connectivity index (χ2n) is 4.04. The predicted molar refractivity (Wildman–Crippen MR) is 64.4 cm³/mol. The van der Waals surface area contributed by atoms with Crippen molar-refractivity contribution in [3.05, 3.63) is 59.2 Å². The Balaban J connectivity index is 2.58. The van der Waals surface area contributed by atoms with Gasteiger partial charge in [-0.15, -0.1) is 0 Å². The first kappa shape index (κ1) is 11.7. The summed E-state index contributed by atoms with van der Waals surface area (Å²) < 4.78 is 27.0. The van der Waals surface area contributed by atoms with Gasteiger partial charge in [-0.05, 0) is 47.9 Å². The van der Waals surface area contributed by atoms with Crippen LogP contribution in [0, 0.1) is 18.6 Å². The van der Waals surface area contributed by atoms with Gasteiger partial charge < -0.3 is 5.73 Å². The first-order chi connectivity index (χ1) is 8.10. The van der Waals surface area contributed by atoms with Gasteiger partial charge in [0.25, 0.3) is 0 Å². The largest absolute Gasteiger partial charge is 0.326 e. The standard InChI is InChI=1S/C14H13F2N/c1-9-4-11(7-12(15)5-9)13-6-10(8-17)2-3-14(13)16/h2-7H,8,17H2,1H3. The molecule has 0 spiro atoms. The van der Waals surface area contributed by atoms with E-state index < -0.39 is 0 Å². The van der Waals surface area contributed by atoms with Gasteiger partial charge in [-0.3, -0.25) is 0 Å². The summed E-state index contributed by atoms with van der Waals surface area (Å²) in [7, 11) is 0. The van der Waals surface area contributed by atoms with Crippen molar-refractivity contribution < 1.29 is 8.78 Å². The summed E-state index contributed by atoms with van der Waals surface area (Å²) in [6, 6.07) is 9.13. The molecule has 2 aromatic rings. The van der Waals surface area contributed by atoms with Crippen molar-refractivity contribution in [2.75, 3.05) is 0 Å². The van der Waals surface area contributed by atoms with E-state index in [1.54, 1.807) is 25.1 Å². The van der Waals surface area contributed by atoms with Gasteiger partial charge in [0.05, 0.1) is 0 Å². The van der Waals surface area contributed by atoms with Gasteiger partial charge in [0.2, 0.25) is 0 Å². The molecule has 0 heterocycles. The fourth-order valence-electron chi connectivity index (χ4n) is 1.81. The third kappa shape index (κ3) is 2.50. The number of hydrogen-bond donors (Lipinski definition) is 1. The minimum absolute atomic E-state index is 0.335. The minimum Gasteiger partial charge on any atom is -0.326 e. The Kier molecular flexibility index (Phi) is 3.20. The molecule has 0 aliphatic carbocycles. The van der Waals surface area contributed by atoms with Gasteiger partial charge >= 0.3 is 0 Å². The van der Waals surface area contributed by atoms with Gasteiger partial charge in [-0.1, -0.05) is 12.1 Å². The zero-order valence-corrected chi connectivity index (χ0v) is 9.50. The highest BCUT2D eigenvalue weighted by molar-refractivity contribution is 5.65. The third-order valence-electron chi connectivity index (χ3n) is 2.62. The molecule has 0 saturated heterocycles. The first-order valence-corrected chi connectivity index (χ1v) is 5.36. The molecule has 1 nitrogen and oxygen atoms in total. The van der Waals surface area contributed by atoms with Crippen LogP contribution in [0.4, 0.5) is 8.78 Å². The molecule has 0 bridgehead atoms. The molecule has 2 N–H and O–H groups in total. The molecule has 2 aromatic carbocycles. The van der Waals surface area contributed by atoms with Crippen LogP contribution in [0.1, 0.15) is 11.1 Å². The van der Waals surface area contributed by atoms with Crippen LogP contribution in [0.3, 0.4) is 0 Å². The lowest BCUT2D eigenvalue weighted by Crippen LogP contribution is -1.97. The molecule has 0 amide bonds. The second kappa shape index (κ2) is 4.63. The lowest BCUT2D eigenvalue weighted by atomic mass is 10.0. The van der Waals surface area contributed by atoms with E-state index >= 15 is 0 Å². The molecular formula is C14H13F2N. The Morgan fingerprint density at radius 2 is 1.82 bits per heavy atom. The number of halogens is 2. The molecule has 0 radical (unpaired) electrons. The van der Waals surface area contributed by atoms with Crippen LogP contribution in [0.5, 0.6) is 0 Å². The Morgan fingerprint density at radius 1 is 1.06 bits per heavy atom. The van der Waals surface area contributed by atoms with Gasteiger partial charge in [-0.2, -0.15) is 0 Å². The summed E-state index contributed by atoms with van der Waals surface area (Å²) in [5.74, 6) is -0.732.